The number of carbonyl (C=O) groups is 1. The molecule has 162 valence electrons. The Kier molecular flexibility index (Phi) is 6.36. The maximum atomic E-state index is 13.4. The Hall–Kier alpha value is -2.74. The molecule has 1 saturated heterocycles. The van der Waals surface area contributed by atoms with Crippen molar-refractivity contribution in [2.24, 2.45) is 0 Å². The van der Waals surface area contributed by atoms with Crippen LogP contribution in [0.2, 0.25) is 0 Å². The molecule has 1 aliphatic rings. The number of esters is 1. The summed E-state index contributed by atoms with van der Waals surface area (Å²) in [6, 6.07) is 22.0. The standard InChI is InChI=1S/C24H26N2O4S/c1-2-30-24(27)23-18-26(15-14-25(23)17-19-8-4-3-5-9-19)31(28,29)22-13-12-20-10-6-7-11-21(20)16-22/h3-13,16,23H,2,14-15,17-18H2,1H3. The van der Waals surface area contributed by atoms with Crippen molar-refractivity contribution in [2.75, 3.05) is 26.2 Å². The van der Waals surface area contributed by atoms with Crippen molar-refractivity contribution in [2.45, 2.75) is 24.4 Å². The summed E-state index contributed by atoms with van der Waals surface area (Å²) in [5, 5.41) is 1.85. The molecule has 31 heavy (non-hydrogen) atoms. The molecule has 0 radical (unpaired) electrons. The lowest BCUT2D eigenvalue weighted by atomic mass is 10.1. The number of carbonyl (C=O) groups excluding carboxylic acids is 1. The van der Waals surface area contributed by atoms with Gasteiger partial charge in [-0.1, -0.05) is 60.7 Å². The summed E-state index contributed by atoms with van der Waals surface area (Å²) in [5.41, 5.74) is 1.07. The Bertz CT molecular complexity index is 1160. The number of ether oxygens (including phenoxy) is 1. The van der Waals surface area contributed by atoms with Crippen LogP contribution in [0, 0.1) is 0 Å². The Morgan fingerprint density at radius 1 is 0.968 bits per heavy atom. The van der Waals surface area contributed by atoms with E-state index >= 15 is 0 Å². The van der Waals surface area contributed by atoms with Gasteiger partial charge < -0.3 is 4.74 Å². The highest BCUT2D eigenvalue weighted by Gasteiger charge is 2.38. The average Bonchev–Trinajstić information content (AvgIpc) is 2.79. The molecular weight excluding hydrogens is 412 g/mol. The number of rotatable bonds is 6. The number of nitrogens with zero attached hydrogens (tertiary/aromatic N) is 2. The number of hydrogen-bond donors (Lipinski definition) is 0. The van der Waals surface area contributed by atoms with Gasteiger partial charge in [0, 0.05) is 26.2 Å². The van der Waals surface area contributed by atoms with Gasteiger partial charge in [0.05, 0.1) is 11.5 Å². The molecule has 7 heteroatoms. The van der Waals surface area contributed by atoms with Gasteiger partial charge in [-0.3, -0.25) is 9.69 Å². The van der Waals surface area contributed by atoms with E-state index in [1.54, 1.807) is 19.1 Å². The fourth-order valence-electron chi connectivity index (χ4n) is 3.96. The quantitative estimate of drug-likeness (QED) is 0.553. The Morgan fingerprint density at radius 3 is 2.42 bits per heavy atom. The molecule has 0 spiro atoms. The van der Waals surface area contributed by atoms with Crippen LogP contribution in [0.15, 0.2) is 77.7 Å². The molecule has 0 N–H and O–H groups in total. The largest absolute Gasteiger partial charge is 0.465 e. The van der Waals surface area contributed by atoms with Crippen LogP contribution in [-0.4, -0.2) is 55.9 Å². The average molecular weight is 439 g/mol. The van der Waals surface area contributed by atoms with Gasteiger partial charge in [0.15, 0.2) is 0 Å². The Morgan fingerprint density at radius 2 is 1.68 bits per heavy atom. The topological polar surface area (TPSA) is 66.9 Å². The third kappa shape index (κ3) is 4.63. The van der Waals surface area contributed by atoms with Gasteiger partial charge in [-0.2, -0.15) is 4.31 Å². The normalized spacial score (nSPS) is 18.2. The highest BCUT2D eigenvalue weighted by atomic mass is 32.2. The second-order valence-electron chi connectivity index (χ2n) is 7.60. The van der Waals surface area contributed by atoms with Crippen molar-refractivity contribution < 1.29 is 17.9 Å². The van der Waals surface area contributed by atoms with E-state index in [0.717, 1.165) is 16.3 Å². The van der Waals surface area contributed by atoms with E-state index in [4.69, 9.17) is 4.74 Å². The van der Waals surface area contributed by atoms with Crippen molar-refractivity contribution in [3.8, 4) is 0 Å². The zero-order chi connectivity index (χ0) is 21.8. The lowest BCUT2D eigenvalue weighted by molar-refractivity contribution is -0.151. The minimum Gasteiger partial charge on any atom is -0.465 e. The summed E-state index contributed by atoms with van der Waals surface area (Å²) in [4.78, 5) is 14.9. The molecule has 3 aromatic carbocycles. The monoisotopic (exact) mass is 438 g/mol. The van der Waals surface area contributed by atoms with Crippen LogP contribution in [-0.2, 0) is 26.1 Å². The van der Waals surface area contributed by atoms with Gasteiger partial charge in [-0.05, 0) is 35.4 Å². The third-order valence-corrected chi connectivity index (χ3v) is 7.46. The van der Waals surface area contributed by atoms with Crippen LogP contribution in [0.25, 0.3) is 10.8 Å². The molecule has 0 saturated carbocycles. The predicted molar refractivity (Wildman–Crippen MR) is 120 cm³/mol. The zero-order valence-corrected chi connectivity index (χ0v) is 18.3. The summed E-state index contributed by atoms with van der Waals surface area (Å²) in [7, 11) is -3.73. The van der Waals surface area contributed by atoms with Crippen LogP contribution < -0.4 is 0 Å². The highest BCUT2D eigenvalue weighted by molar-refractivity contribution is 7.89. The molecular formula is C24H26N2O4S. The molecule has 0 aliphatic carbocycles. The molecule has 1 fully saturated rings. The Labute approximate surface area is 183 Å². The molecule has 1 unspecified atom stereocenters. The van der Waals surface area contributed by atoms with Crippen LogP contribution in [0.4, 0.5) is 0 Å². The predicted octanol–water partition coefficient (Wildman–Crippen LogP) is 3.28. The lowest BCUT2D eigenvalue weighted by Crippen LogP contribution is -2.57. The maximum Gasteiger partial charge on any atom is 0.324 e. The van der Waals surface area contributed by atoms with Gasteiger partial charge in [-0.15, -0.1) is 0 Å². The molecule has 0 aromatic heterocycles. The summed E-state index contributed by atoms with van der Waals surface area (Å²) < 4.78 is 33.4. The minimum atomic E-state index is -3.73. The van der Waals surface area contributed by atoms with E-state index < -0.39 is 22.0 Å². The molecule has 6 nitrogen and oxygen atoms in total. The molecule has 0 bridgehead atoms. The van der Waals surface area contributed by atoms with E-state index in [0.29, 0.717) is 19.6 Å². The lowest BCUT2D eigenvalue weighted by Gasteiger charge is -2.39. The molecule has 4 rings (SSSR count). The second kappa shape index (κ2) is 9.18. The number of sulfonamides is 1. The van der Waals surface area contributed by atoms with Gasteiger partial charge in [0.1, 0.15) is 6.04 Å². The van der Waals surface area contributed by atoms with Gasteiger partial charge >= 0.3 is 5.97 Å². The first kappa shape index (κ1) is 21.5. The smallest absolute Gasteiger partial charge is 0.324 e. The third-order valence-electron chi connectivity index (χ3n) is 5.60. The van der Waals surface area contributed by atoms with Crippen LogP contribution in [0.3, 0.4) is 0 Å². The minimum absolute atomic E-state index is 0.0703. The van der Waals surface area contributed by atoms with Gasteiger partial charge in [-0.25, -0.2) is 8.42 Å². The van der Waals surface area contributed by atoms with Crippen LogP contribution in [0.1, 0.15) is 12.5 Å². The van der Waals surface area contributed by atoms with Crippen LogP contribution in [0.5, 0.6) is 0 Å². The van der Waals surface area contributed by atoms with Crippen molar-refractivity contribution in [1.29, 1.82) is 0 Å². The molecule has 0 amide bonds. The van der Waals surface area contributed by atoms with Crippen molar-refractivity contribution in [3.05, 3.63) is 78.4 Å². The molecule has 1 aliphatic heterocycles. The molecule has 3 aromatic rings. The fraction of sp³-hybridized carbons (Fsp3) is 0.292. The number of fused-ring (bicyclic) bond motifs is 1. The molecule has 1 atom stereocenters. The number of hydrogen-bond acceptors (Lipinski definition) is 5. The fourth-order valence-corrected chi connectivity index (χ4v) is 5.43. The van der Waals surface area contributed by atoms with Crippen molar-refractivity contribution >= 4 is 26.8 Å². The van der Waals surface area contributed by atoms with E-state index in [9.17, 15) is 13.2 Å². The maximum absolute atomic E-state index is 13.4. The number of benzene rings is 3. The van der Waals surface area contributed by atoms with Gasteiger partial charge in [0.2, 0.25) is 10.0 Å². The van der Waals surface area contributed by atoms with Crippen molar-refractivity contribution in [1.82, 2.24) is 9.21 Å². The molecule has 1 heterocycles. The van der Waals surface area contributed by atoms with Gasteiger partial charge in [0.25, 0.3) is 0 Å². The van der Waals surface area contributed by atoms with E-state index in [-0.39, 0.29) is 18.0 Å². The summed E-state index contributed by atoms with van der Waals surface area (Å²) >= 11 is 0. The first-order valence-corrected chi connectivity index (χ1v) is 11.9. The number of piperazine rings is 1. The SMILES string of the molecule is CCOC(=O)C1CN(S(=O)(=O)c2ccc3ccccc3c2)CCN1Cc1ccccc1. The zero-order valence-electron chi connectivity index (χ0n) is 17.5. The van der Waals surface area contributed by atoms with Crippen LogP contribution >= 0.6 is 0 Å². The Balaban J connectivity index is 1.59. The second-order valence-corrected chi connectivity index (χ2v) is 9.53. The first-order chi connectivity index (χ1) is 15.0. The summed E-state index contributed by atoms with van der Waals surface area (Å²) in [5.74, 6) is -0.392. The highest BCUT2D eigenvalue weighted by Crippen LogP contribution is 2.25. The summed E-state index contributed by atoms with van der Waals surface area (Å²) in [6.45, 7) is 3.41. The van der Waals surface area contributed by atoms with E-state index in [1.165, 1.54) is 4.31 Å². The van der Waals surface area contributed by atoms with E-state index in [2.05, 4.69) is 0 Å². The van der Waals surface area contributed by atoms with E-state index in [1.807, 2.05) is 65.6 Å². The first-order valence-electron chi connectivity index (χ1n) is 10.4. The summed E-state index contributed by atoms with van der Waals surface area (Å²) in [6.07, 6.45) is 0. The van der Waals surface area contributed by atoms with Crippen molar-refractivity contribution in [3.63, 3.8) is 0 Å².